The molecule has 0 spiro atoms. The topological polar surface area (TPSA) is 17.1 Å². The summed E-state index contributed by atoms with van der Waals surface area (Å²) < 4.78 is 0. The molecule has 3 aromatic carbocycles. The van der Waals surface area contributed by atoms with Crippen molar-refractivity contribution in [1.82, 2.24) is 0 Å². The van der Waals surface area contributed by atoms with Crippen molar-refractivity contribution in [2.45, 2.75) is 6.42 Å². The third kappa shape index (κ3) is 1.11. The van der Waals surface area contributed by atoms with Crippen LogP contribution in [0.1, 0.15) is 11.1 Å². The molecule has 0 bridgehead atoms. The molecule has 1 aliphatic carbocycles. The van der Waals surface area contributed by atoms with Crippen LogP contribution >= 0.6 is 0 Å². The highest BCUT2D eigenvalue weighted by molar-refractivity contribution is 5.97. The van der Waals surface area contributed by atoms with E-state index < -0.39 is 0 Å². The van der Waals surface area contributed by atoms with Crippen LogP contribution in [-0.2, 0) is 6.42 Å². The van der Waals surface area contributed by atoms with Gasteiger partial charge in [0.25, 0.3) is 0 Å². The molecular formula is C16H10O. The normalized spacial score (nSPS) is 12.7. The van der Waals surface area contributed by atoms with Crippen LogP contribution in [-0.4, -0.2) is 0 Å². The Bertz CT molecular complexity index is 682. The summed E-state index contributed by atoms with van der Waals surface area (Å²) in [6, 6.07) is 16.4. The van der Waals surface area contributed by atoms with Crippen molar-refractivity contribution in [2.24, 2.45) is 0 Å². The smallest absolute Gasteiger partial charge is 0.195 e. The van der Waals surface area contributed by atoms with E-state index in [-0.39, 0.29) is 5.43 Å². The Balaban J connectivity index is 2.09. The van der Waals surface area contributed by atoms with E-state index >= 15 is 0 Å². The molecule has 0 unspecified atom stereocenters. The van der Waals surface area contributed by atoms with Crippen molar-refractivity contribution < 1.29 is 0 Å². The Morgan fingerprint density at radius 2 is 1.18 bits per heavy atom. The molecule has 0 atom stereocenters. The molecule has 1 nitrogen and oxygen atoms in total. The van der Waals surface area contributed by atoms with Gasteiger partial charge in [-0.05, 0) is 28.7 Å². The van der Waals surface area contributed by atoms with Gasteiger partial charge in [-0.3, -0.25) is 4.79 Å². The third-order valence-corrected chi connectivity index (χ3v) is 3.60. The first kappa shape index (κ1) is 8.94. The van der Waals surface area contributed by atoms with Crippen LogP contribution in [0.25, 0.3) is 22.3 Å². The van der Waals surface area contributed by atoms with E-state index in [0.29, 0.717) is 0 Å². The number of benzene rings is 2. The predicted octanol–water partition coefficient (Wildman–Crippen LogP) is 3.16. The second kappa shape index (κ2) is 2.95. The highest BCUT2D eigenvalue weighted by atomic mass is 16.1. The first-order chi connectivity index (χ1) is 8.36. The van der Waals surface area contributed by atoms with Gasteiger partial charge in [0, 0.05) is 11.1 Å². The Morgan fingerprint density at radius 1 is 0.706 bits per heavy atom. The van der Waals surface area contributed by atoms with Gasteiger partial charge in [-0.15, -0.1) is 0 Å². The summed E-state index contributed by atoms with van der Waals surface area (Å²) in [6.45, 7) is 0. The fourth-order valence-electron chi connectivity index (χ4n) is 2.73. The maximum absolute atomic E-state index is 11.9. The average molecular weight is 218 g/mol. The minimum absolute atomic E-state index is 0.226. The number of fused-ring (bicyclic) bond motifs is 5. The SMILES string of the molecule is O=c1c2c1-c1ccccc1Cc1ccccc1-2. The van der Waals surface area contributed by atoms with E-state index in [2.05, 4.69) is 24.3 Å². The predicted molar refractivity (Wildman–Crippen MR) is 68.8 cm³/mol. The summed E-state index contributed by atoms with van der Waals surface area (Å²) >= 11 is 0. The van der Waals surface area contributed by atoms with Gasteiger partial charge >= 0.3 is 0 Å². The van der Waals surface area contributed by atoms with Crippen LogP contribution in [0.15, 0.2) is 53.3 Å². The highest BCUT2D eigenvalue weighted by Gasteiger charge is 2.30. The van der Waals surface area contributed by atoms with Gasteiger partial charge in [-0.2, -0.15) is 0 Å². The van der Waals surface area contributed by atoms with E-state index in [1.54, 1.807) is 0 Å². The quantitative estimate of drug-likeness (QED) is 0.443. The maximum atomic E-state index is 11.9. The largest absolute Gasteiger partial charge is 0.289 e. The van der Waals surface area contributed by atoms with Crippen molar-refractivity contribution in [3.63, 3.8) is 0 Å². The Kier molecular flexibility index (Phi) is 1.55. The fraction of sp³-hybridized carbons (Fsp3) is 0.0625. The highest BCUT2D eigenvalue weighted by Crippen LogP contribution is 2.41. The standard InChI is InChI=1S/C16H10O/c17-16-14-12-7-3-1-5-10(12)9-11-6-2-4-8-13(11)15(14)16/h1-8H,9H2. The molecule has 0 aromatic heterocycles. The Labute approximate surface area is 99.0 Å². The molecule has 1 aliphatic rings. The van der Waals surface area contributed by atoms with Crippen molar-refractivity contribution in [3.05, 3.63) is 69.9 Å². The second-order valence-corrected chi connectivity index (χ2v) is 4.57. The number of hydrogen-bond donors (Lipinski definition) is 0. The van der Waals surface area contributed by atoms with Crippen LogP contribution in [0.3, 0.4) is 0 Å². The van der Waals surface area contributed by atoms with Crippen LogP contribution in [0.2, 0.25) is 0 Å². The summed E-state index contributed by atoms with van der Waals surface area (Å²) in [7, 11) is 0. The van der Waals surface area contributed by atoms with Gasteiger partial charge < -0.3 is 0 Å². The zero-order valence-electron chi connectivity index (χ0n) is 9.23. The van der Waals surface area contributed by atoms with Gasteiger partial charge in [0.1, 0.15) is 0 Å². The van der Waals surface area contributed by atoms with E-state index in [9.17, 15) is 4.79 Å². The Hall–Kier alpha value is -2.15. The average Bonchev–Trinajstić information content (AvgIpc) is 3.05. The molecule has 80 valence electrons. The first-order valence-corrected chi connectivity index (χ1v) is 5.82. The van der Waals surface area contributed by atoms with Gasteiger partial charge in [-0.25, -0.2) is 0 Å². The monoisotopic (exact) mass is 218 g/mol. The molecule has 0 N–H and O–H groups in total. The van der Waals surface area contributed by atoms with Crippen molar-refractivity contribution in [1.29, 1.82) is 0 Å². The molecule has 0 heterocycles. The molecule has 1 heteroatoms. The molecular weight excluding hydrogens is 208 g/mol. The van der Waals surface area contributed by atoms with E-state index in [4.69, 9.17) is 0 Å². The lowest BCUT2D eigenvalue weighted by atomic mass is 9.98. The first-order valence-electron chi connectivity index (χ1n) is 5.82. The van der Waals surface area contributed by atoms with Crippen LogP contribution < -0.4 is 5.43 Å². The zero-order chi connectivity index (χ0) is 11.4. The van der Waals surface area contributed by atoms with Gasteiger partial charge in [-0.1, -0.05) is 48.5 Å². The molecule has 0 aliphatic heterocycles. The van der Waals surface area contributed by atoms with Crippen molar-refractivity contribution >= 4 is 0 Å². The van der Waals surface area contributed by atoms with Crippen LogP contribution in [0.4, 0.5) is 0 Å². The molecule has 0 amide bonds. The number of hydrogen-bond acceptors (Lipinski definition) is 1. The zero-order valence-corrected chi connectivity index (χ0v) is 9.23. The lowest BCUT2D eigenvalue weighted by Crippen LogP contribution is -1.94. The van der Waals surface area contributed by atoms with Gasteiger partial charge in [0.05, 0.1) is 0 Å². The molecule has 0 saturated heterocycles. The maximum Gasteiger partial charge on any atom is 0.195 e. The summed E-state index contributed by atoms with van der Waals surface area (Å²) in [5, 5.41) is 0. The van der Waals surface area contributed by atoms with Gasteiger partial charge in [0.15, 0.2) is 5.43 Å². The lowest BCUT2D eigenvalue weighted by Gasteiger charge is -2.06. The number of rotatable bonds is 0. The third-order valence-electron chi connectivity index (χ3n) is 3.60. The molecule has 4 rings (SSSR count). The summed E-state index contributed by atoms with van der Waals surface area (Å²) in [6.07, 6.45) is 0.923. The second-order valence-electron chi connectivity index (χ2n) is 4.57. The molecule has 0 radical (unpaired) electrons. The summed E-state index contributed by atoms with van der Waals surface area (Å²) in [5.41, 5.74) is 6.87. The minimum Gasteiger partial charge on any atom is -0.289 e. The molecule has 17 heavy (non-hydrogen) atoms. The molecule has 0 saturated carbocycles. The molecule has 3 aromatic rings. The van der Waals surface area contributed by atoms with Crippen LogP contribution in [0.5, 0.6) is 0 Å². The van der Waals surface area contributed by atoms with E-state index in [0.717, 1.165) is 28.7 Å². The summed E-state index contributed by atoms with van der Waals surface area (Å²) in [4.78, 5) is 11.9. The van der Waals surface area contributed by atoms with Crippen molar-refractivity contribution in [2.75, 3.05) is 0 Å². The summed E-state index contributed by atoms with van der Waals surface area (Å²) in [5.74, 6) is 0. The Morgan fingerprint density at radius 3 is 1.71 bits per heavy atom. The van der Waals surface area contributed by atoms with Crippen molar-refractivity contribution in [3.8, 4) is 22.3 Å². The fourth-order valence-corrected chi connectivity index (χ4v) is 2.73. The minimum atomic E-state index is 0.226. The van der Waals surface area contributed by atoms with E-state index in [1.165, 1.54) is 11.1 Å². The molecule has 0 fully saturated rings. The van der Waals surface area contributed by atoms with E-state index in [1.807, 2.05) is 24.3 Å². The van der Waals surface area contributed by atoms with Gasteiger partial charge in [0.2, 0.25) is 0 Å². The lowest BCUT2D eigenvalue weighted by molar-refractivity contribution is 1.21. The van der Waals surface area contributed by atoms with Crippen LogP contribution in [0, 0.1) is 0 Å².